The van der Waals surface area contributed by atoms with E-state index in [9.17, 15) is 22.8 Å². The summed E-state index contributed by atoms with van der Waals surface area (Å²) >= 11 is 0. The van der Waals surface area contributed by atoms with E-state index >= 15 is 0 Å². The van der Waals surface area contributed by atoms with E-state index in [-0.39, 0.29) is 22.8 Å². The Morgan fingerprint density at radius 3 is 2.46 bits per heavy atom. The van der Waals surface area contributed by atoms with Crippen molar-refractivity contribution >= 4 is 17.6 Å². The van der Waals surface area contributed by atoms with Crippen LogP contribution < -0.4 is 10.2 Å². The number of esters is 2. The van der Waals surface area contributed by atoms with E-state index in [4.69, 9.17) is 19.0 Å². The highest BCUT2D eigenvalue weighted by atomic mass is 19.4. The summed E-state index contributed by atoms with van der Waals surface area (Å²) in [6.07, 6.45) is -1.01. The van der Waals surface area contributed by atoms with Gasteiger partial charge >= 0.3 is 18.1 Å². The van der Waals surface area contributed by atoms with Crippen molar-refractivity contribution in [2.75, 3.05) is 13.7 Å². The van der Waals surface area contributed by atoms with Crippen molar-refractivity contribution in [2.45, 2.75) is 63.3 Å². The van der Waals surface area contributed by atoms with Crippen molar-refractivity contribution in [1.82, 2.24) is 5.48 Å². The molecule has 2 aliphatic rings. The third kappa shape index (κ3) is 6.55. The molecule has 0 amide bonds. The Morgan fingerprint density at radius 2 is 1.82 bits per heavy atom. The van der Waals surface area contributed by atoms with Crippen LogP contribution in [0.3, 0.4) is 0 Å². The molecule has 7 nitrogen and oxygen atoms in total. The first-order chi connectivity index (χ1) is 18.3. The van der Waals surface area contributed by atoms with Crippen molar-refractivity contribution in [2.24, 2.45) is 5.92 Å². The van der Waals surface area contributed by atoms with Gasteiger partial charge in [0, 0.05) is 11.5 Å². The van der Waals surface area contributed by atoms with Gasteiger partial charge in [-0.15, -0.1) is 0 Å². The van der Waals surface area contributed by atoms with Crippen molar-refractivity contribution < 1.29 is 41.8 Å². The highest BCUT2D eigenvalue weighted by Gasteiger charge is 2.52. The van der Waals surface area contributed by atoms with E-state index < -0.39 is 41.8 Å². The summed E-state index contributed by atoms with van der Waals surface area (Å²) < 4.78 is 54.6. The van der Waals surface area contributed by atoms with Gasteiger partial charge in [0.2, 0.25) is 0 Å². The van der Waals surface area contributed by atoms with Gasteiger partial charge in [0.25, 0.3) is 0 Å². The molecule has 10 heteroatoms. The zero-order valence-corrected chi connectivity index (χ0v) is 22.3. The molecular formula is C29H32F3NO6. The lowest BCUT2D eigenvalue weighted by atomic mass is 9.65. The van der Waals surface area contributed by atoms with Gasteiger partial charge in [-0.1, -0.05) is 30.3 Å². The number of benzene rings is 2. The number of alkyl halides is 3. The van der Waals surface area contributed by atoms with Crippen LogP contribution in [0, 0.1) is 5.92 Å². The number of hydrogen-bond donors (Lipinski definition) is 1. The molecular weight excluding hydrogens is 515 g/mol. The fourth-order valence-corrected chi connectivity index (χ4v) is 5.20. The quantitative estimate of drug-likeness (QED) is 0.447. The molecule has 0 bridgehead atoms. The molecule has 1 aliphatic heterocycles. The number of carbonyl (C=O) groups is 2. The second-order valence-electron chi connectivity index (χ2n) is 10.7. The minimum atomic E-state index is -4.56. The Labute approximate surface area is 225 Å². The second-order valence-corrected chi connectivity index (χ2v) is 10.7. The Morgan fingerprint density at radius 1 is 1.10 bits per heavy atom. The van der Waals surface area contributed by atoms with Crippen LogP contribution in [0.15, 0.2) is 54.6 Å². The van der Waals surface area contributed by atoms with E-state index in [1.54, 1.807) is 6.08 Å². The van der Waals surface area contributed by atoms with Crippen LogP contribution in [0.25, 0.3) is 5.70 Å². The summed E-state index contributed by atoms with van der Waals surface area (Å²) in [5, 5.41) is 0. The first-order valence-electron chi connectivity index (χ1n) is 12.7. The molecule has 2 aromatic rings. The molecule has 1 fully saturated rings. The summed E-state index contributed by atoms with van der Waals surface area (Å²) in [7, 11) is 1.21. The highest BCUT2D eigenvalue weighted by Crippen LogP contribution is 2.51. The fraction of sp³-hybridized carbons (Fsp3) is 0.448. The number of nitrogens with one attached hydrogen (secondary N) is 1. The predicted octanol–water partition coefficient (Wildman–Crippen LogP) is 5.95. The van der Waals surface area contributed by atoms with Gasteiger partial charge < -0.3 is 14.2 Å². The number of ether oxygens (including phenoxy) is 3. The number of methoxy groups -OCH3 is 1. The topological polar surface area (TPSA) is 83.1 Å². The maximum atomic E-state index is 13.4. The van der Waals surface area contributed by atoms with Crippen LogP contribution in [0.4, 0.5) is 13.2 Å². The molecule has 1 aliphatic carbocycles. The summed E-state index contributed by atoms with van der Waals surface area (Å²) in [4.78, 5) is 31.8. The lowest BCUT2D eigenvalue weighted by molar-refractivity contribution is -0.168. The number of carbonyl (C=O) groups excluding carboxylic acids is 2. The maximum Gasteiger partial charge on any atom is 0.422 e. The molecule has 2 aromatic carbocycles. The van der Waals surface area contributed by atoms with Crippen LogP contribution in [0.2, 0.25) is 0 Å². The third-order valence-corrected chi connectivity index (χ3v) is 6.70. The SMILES string of the molecule is COC(=O)c1ccc(OCC(F)(F)F)c(C2=C[C@]3(CCCC(C(=O)OC(C)(C)C)[C@H]3c3ccccc3)ON2)c1. The van der Waals surface area contributed by atoms with Gasteiger partial charge in [0.15, 0.2) is 6.61 Å². The molecule has 1 unspecified atom stereocenters. The average molecular weight is 548 g/mol. The first kappa shape index (κ1) is 28.5. The number of rotatable bonds is 6. The number of hydroxylamine groups is 1. The van der Waals surface area contributed by atoms with Gasteiger partial charge in [0.05, 0.1) is 24.3 Å². The van der Waals surface area contributed by atoms with Crippen LogP contribution in [-0.4, -0.2) is 43.0 Å². The standard InChI is InChI=1S/C29H32F3NO6/c1-27(2,3)38-26(35)20-11-8-14-28(24(20)18-9-6-5-7-10-18)16-22(33-39-28)21-15-19(25(34)36-4)12-13-23(21)37-17-29(30,31)32/h5-7,9-10,12-13,15-16,20,24,33H,8,11,14,17H2,1-4H3/t20?,24-,28+/m1/s1. The molecule has 0 aromatic heterocycles. The van der Waals surface area contributed by atoms with Crippen molar-refractivity contribution in [1.29, 1.82) is 0 Å². The average Bonchev–Trinajstić information content (AvgIpc) is 3.29. The van der Waals surface area contributed by atoms with E-state index in [2.05, 4.69) is 5.48 Å². The van der Waals surface area contributed by atoms with E-state index in [0.29, 0.717) is 25.0 Å². The summed E-state index contributed by atoms with van der Waals surface area (Å²) in [5.41, 5.74) is 2.68. The molecule has 210 valence electrons. The van der Waals surface area contributed by atoms with E-state index in [1.165, 1.54) is 25.3 Å². The maximum absolute atomic E-state index is 13.4. The smallest absolute Gasteiger partial charge is 0.422 e. The van der Waals surface area contributed by atoms with Crippen LogP contribution >= 0.6 is 0 Å². The first-order valence-corrected chi connectivity index (χ1v) is 12.7. The Balaban J connectivity index is 1.79. The Hall–Kier alpha value is -3.53. The number of halogens is 3. The molecule has 1 saturated carbocycles. The van der Waals surface area contributed by atoms with Gasteiger partial charge in [0.1, 0.15) is 17.0 Å². The van der Waals surface area contributed by atoms with Crippen LogP contribution in [-0.2, 0) is 19.1 Å². The molecule has 1 heterocycles. The van der Waals surface area contributed by atoms with Crippen molar-refractivity contribution in [3.05, 3.63) is 71.3 Å². The third-order valence-electron chi connectivity index (χ3n) is 6.70. The normalized spacial score (nSPS) is 23.1. The monoisotopic (exact) mass is 547 g/mol. The molecule has 3 atom stereocenters. The molecule has 1 N–H and O–H groups in total. The Kier molecular flexibility index (Phi) is 7.97. The molecule has 1 spiro atoms. The molecule has 0 saturated heterocycles. The summed E-state index contributed by atoms with van der Waals surface area (Å²) in [6, 6.07) is 13.5. The van der Waals surface area contributed by atoms with Gasteiger partial charge in [-0.25, -0.2) is 4.79 Å². The largest absolute Gasteiger partial charge is 0.483 e. The number of hydrogen-bond acceptors (Lipinski definition) is 7. The zero-order chi connectivity index (χ0) is 28.4. The zero-order valence-electron chi connectivity index (χ0n) is 22.3. The summed E-state index contributed by atoms with van der Waals surface area (Å²) in [6.45, 7) is 3.92. The fourth-order valence-electron chi connectivity index (χ4n) is 5.20. The minimum Gasteiger partial charge on any atom is -0.483 e. The van der Waals surface area contributed by atoms with Gasteiger partial charge in [-0.05, 0) is 69.9 Å². The highest BCUT2D eigenvalue weighted by molar-refractivity contribution is 5.91. The lowest BCUT2D eigenvalue weighted by Gasteiger charge is -2.43. The predicted molar refractivity (Wildman–Crippen MR) is 137 cm³/mol. The van der Waals surface area contributed by atoms with Crippen LogP contribution in [0.1, 0.15) is 67.4 Å². The van der Waals surface area contributed by atoms with E-state index in [0.717, 1.165) is 5.56 Å². The summed E-state index contributed by atoms with van der Waals surface area (Å²) in [5.74, 6) is -2.06. The van der Waals surface area contributed by atoms with Gasteiger partial charge in [-0.2, -0.15) is 13.2 Å². The van der Waals surface area contributed by atoms with Crippen LogP contribution in [0.5, 0.6) is 5.75 Å². The Bertz CT molecular complexity index is 1240. The molecule has 39 heavy (non-hydrogen) atoms. The van der Waals surface area contributed by atoms with Crippen molar-refractivity contribution in [3.63, 3.8) is 0 Å². The second kappa shape index (κ2) is 10.9. The molecule has 4 rings (SSSR count). The van der Waals surface area contributed by atoms with Gasteiger partial charge in [-0.3, -0.25) is 15.1 Å². The molecule has 0 radical (unpaired) electrons. The minimum absolute atomic E-state index is 0.0878. The van der Waals surface area contributed by atoms with Crippen molar-refractivity contribution in [3.8, 4) is 5.75 Å². The van der Waals surface area contributed by atoms with E-state index in [1.807, 2.05) is 51.1 Å². The lowest BCUT2D eigenvalue weighted by Crippen LogP contribution is -2.47.